The van der Waals surface area contributed by atoms with E-state index in [2.05, 4.69) is 0 Å². The van der Waals surface area contributed by atoms with E-state index in [0.29, 0.717) is 0 Å². The van der Waals surface area contributed by atoms with Gasteiger partial charge in [0.1, 0.15) is 0 Å². The molecule has 7 heavy (non-hydrogen) atoms. The molecular formula is C3H7NO3. The number of hydrogen-bond acceptors (Lipinski definition) is 3. The number of nitrogens with zero attached hydrogens (tertiary/aromatic N) is 1. The fourth-order valence-corrected chi connectivity index (χ4v) is 0. The Hall–Kier alpha value is -0.640. The Bertz CT molecular complexity index is 82.7. The molecule has 0 aliphatic heterocycles. The second kappa shape index (κ2) is 1.46. The molecule has 0 heterocycles. The average Bonchev–Trinajstić information content (AvgIpc) is 1.31. The zero-order valence-electron chi connectivity index (χ0n) is 4.21. The molecule has 0 radical (unpaired) electrons. The van der Waals surface area contributed by atoms with Gasteiger partial charge in [0.25, 0.3) is 0 Å². The first-order chi connectivity index (χ1) is 2.94. The minimum absolute atomic E-state index is 0.757. The molecule has 0 rings (SSSR count). The molecule has 4 nitrogen and oxygen atoms in total. The predicted molar refractivity (Wildman–Crippen MR) is 23.3 cm³/mol. The highest BCUT2D eigenvalue weighted by molar-refractivity contribution is 4.42. The van der Waals surface area contributed by atoms with Gasteiger partial charge in [-0.3, -0.25) is 10.1 Å². The first kappa shape index (κ1) is 6.36. The Morgan fingerprint density at radius 3 is 1.86 bits per heavy atom. The van der Waals surface area contributed by atoms with Gasteiger partial charge in [0.2, 0.25) is 0 Å². The maximum absolute atomic E-state index is 9.58. The van der Waals surface area contributed by atoms with Crippen molar-refractivity contribution in [3.8, 4) is 0 Å². The van der Waals surface area contributed by atoms with Gasteiger partial charge >= 0.3 is 5.72 Å². The number of nitro groups is 1. The van der Waals surface area contributed by atoms with Crippen molar-refractivity contribution < 1.29 is 10.0 Å². The zero-order valence-corrected chi connectivity index (χ0v) is 4.21. The SMILES string of the molecule is CC(C)(O)[N+](=O)[O-]. The van der Waals surface area contributed by atoms with Gasteiger partial charge in [-0.05, 0) is 0 Å². The monoisotopic (exact) mass is 105 g/mol. The van der Waals surface area contributed by atoms with Crippen molar-refractivity contribution in [3.05, 3.63) is 10.1 Å². The van der Waals surface area contributed by atoms with Gasteiger partial charge in [0.05, 0.1) is 4.92 Å². The van der Waals surface area contributed by atoms with E-state index >= 15 is 0 Å². The molecule has 42 valence electrons. The Kier molecular flexibility index (Phi) is 1.32. The van der Waals surface area contributed by atoms with Crippen LogP contribution in [0.3, 0.4) is 0 Å². The van der Waals surface area contributed by atoms with Crippen LogP contribution in [-0.4, -0.2) is 15.8 Å². The number of hydrogen-bond donors (Lipinski definition) is 1. The van der Waals surface area contributed by atoms with Crippen LogP contribution >= 0.6 is 0 Å². The molecule has 0 aromatic heterocycles. The van der Waals surface area contributed by atoms with Gasteiger partial charge < -0.3 is 5.11 Å². The molecule has 0 aliphatic carbocycles. The molecule has 0 unspecified atom stereocenters. The third kappa shape index (κ3) is 2.11. The topological polar surface area (TPSA) is 63.4 Å². The second-order valence-electron chi connectivity index (χ2n) is 1.75. The second-order valence-corrected chi connectivity index (χ2v) is 1.75. The summed E-state index contributed by atoms with van der Waals surface area (Å²) in [6.45, 7) is 2.24. The Morgan fingerprint density at radius 1 is 1.71 bits per heavy atom. The molecule has 0 aromatic rings. The molecule has 0 fully saturated rings. The smallest absolute Gasteiger partial charge is 0.316 e. The van der Waals surface area contributed by atoms with Gasteiger partial charge in [-0.25, -0.2) is 0 Å². The van der Waals surface area contributed by atoms with Crippen LogP contribution < -0.4 is 0 Å². The first-order valence-corrected chi connectivity index (χ1v) is 1.81. The normalized spacial score (nSPS) is 11.3. The van der Waals surface area contributed by atoms with Crippen molar-refractivity contribution in [1.29, 1.82) is 0 Å². The third-order valence-corrected chi connectivity index (χ3v) is 0.447. The van der Waals surface area contributed by atoms with E-state index in [-0.39, 0.29) is 0 Å². The van der Waals surface area contributed by atoms with Crippen LogP contribution in [0.5, 0.6) is 0 Å². The summed E-state index contributed by atoms with van der Waals surface area (Å²) in [6, 6.07) is 0. The lowest BCUT2D eigenvalue weighted by Crippen LogP contribution is -2.29. The molecule has 4 heteroatoms. The summed E-state index contributed by atoms with van der Waals surface area (Å²) in [5.74, 6) is 0. The standard InChI is InChI=1S/C3H7NO3/c1-3(2,5)4(6)7/h5H,1-2H3. The third-order valence-electron chi connectivity index (χ3n) is 0.447. The highest BCUT2D eigenvalue weighted by atomic mass is 16.7. The van der Waals surface area contributed by atoms with Crippen LogP contribution in [-0.2, 0) is 0 Å². The van der Waals surface area contributed by atoms with E-state index in [0.717, 1.165) is 13.8 Å². The molecule has 0 saturated heterocycles. The molecular weight excluding hydrogens is 98.0 g/mol. The largest absolute Gasteiger partial charge is 0.331 e. The fourth-order valence-electron chi connectivity index (χ4n) is 0. The van der Waals surface area contributed by atoms with Crippen LogP contribution in [0.2, 0.25) is 0 Å². The molecule has 0 atom stereocenters. The van der Waals surface area contributed by atoms with Gasteiger partial charge in [-0.1, -0.05) is 0 Å². The van der Waals surface area contributed by atoms with Crippen LogP contribution in [0.4, 0.5) is 0 Å². The maximum Gasteiger partial charge on any atom is 0.316 e. The molecule has 0 aliphatic rings. The van der Waals surface area contributed by atoms with E-state index in [1.807, 2.05) is 0 Å². The summed E-state index contributed by atoms with van der Waals surface area (Å²) >= 11 is 0. The molecule has 0 aromatic carbocycles. The van der Waals surface area contributed by atoms with Gasteiger partial charge in [0, 0.05) is 13.8 Å². The highest BCUT2D eigenvalue weighted by Gasteiger charge is 2.24. The van der Waals surface area contributed by atoms with Crippen molar-refractivity contribution in [2.45, 2.75) is 19.6 Å². The Morgan fingerprint density at radius 2 is 1.86 bits per heavy atom. The quantitative estimate of drug-likeness (QED) is 0.290. The molecule has 0 saturated carbocycles. The van der Waals surface area contributed by atoms with Gasteiger partial charge in [0.15, 0.2) is 0 Å². The minimum Gasteiger partial charge on any atom is -0.331 e. The average molecular weight is 105 g/mol. The number of aliphatic hydroxyl groups is 1. The van der Waals surface area contributed by atoms with Crippen LogP contribution in [0.1, 0.15) is 13.8 Å². The van der Waals surface area contributed by atoms with Gasteiger partial charge in [-0.2, -0.15) is 0 Å². The van der Waals surface area contributed by atoms with Crippen LogP contribution in [0.25, 0.3) is 0 Å². The van der Waals surface area contributed by atoms with Gasteiger partial charge in [-0.15, -0.1) is 0 Å². The van der Waals surface area contributed by atoms with E-state index < -0.39 is 10.6 Å². The summed E-state index contributed by atoms with van der Waals surface area (Å²) in [6.07, 6.45) is 0. The molecule has 0 bridgehead atoms. The molecule has 0 amide bonds. The summed E-state index contributed by atoms with van der Waals surface area (Å²) in [4.78, 5) is 8.82. The Labute approximate surface area is 40.9 Å². The molecule has 1 N–H and O–H groups in total. The van der Waals surface area contributed by atoms with Crippen LogP contribution in [0.15, 0.2) is 0 Å². The van der Waals surface area contributed by atoms with E-state index in [1.54, 1.807) is 0 Å². The summed E-state index contributed by atoms with van der Waals surface area (Å²) in [5, 5.41) is 18.0. The van der Waals surface area contributed by atoms with Crippen molar-refractivity contribution in [1.82, 2.24) is 0 Å². The zero-order chi connectivity index (χ0) is 6.08. The lowest BCUT2D eigenvalue weighted by atomic mass is 10.3. The predicted octanol–water partition coefficient (Wildman–Crippen LogP) is -0.00850. The fraction of sp³-hybridized carbons (Fsp3) is 1.00. The van der Waals surface area contributed by atoms with E-state index in [1.165, 1.54) is 0 Å². The van der Waals surface area contributed by atoms with Crippen LogP contribution in [0, 0.1) is 10.1 Å². The lowest BCUT2D eigenvalue weighted by Gasteiger charge is -2.04. The van der Waals surface area contributed by atoms with Crippen molar-refractivity contribution in [3.63, 3.8) is 0 Å². The minimum atomic E-state index is -1.78. The van der Waals surface area contributed by atoms with Crippen molar-refractivity contribution >= 4 is 0 Å². The number of rotatable bonds is 1. The summed E-state index contributed by atoms with van der Waals surface area (Å²) < 4.78 is 0. The highest BCUT2D eigenvalue weighted by Crippen LogP contribution is 1.98. The summed E-state index contributed by atoms with van der Waals surface area (Å²) in [5.41, 5.74) is -1.78. The Balaban J connectivity index is 3.79. The van der Waals surface area contributed by atoms with E-state index in [4.69, 9.17) is 5.11 Å². The molecule has 0 spiro atoms. The lowest BCUT2D eigenvalue weighted by molar-refractivity contribution is -0.613. The van der Waals surface area contributed by atoms with E-state index in [9.17, 15) is 10.1 Å². The van der Waals surface area contributed by atoms with Crippen molar-refractivity contribution in [2.75, 3.05) is 0 Å². The first-order valence-electron chi connectivity index (χ1n) is 1.81. The van der Waals surface area contributed by atoms with Crippen molar-refractivity contribution in [2.24, 2.45) is 0 Å². The summed E-state index contributed by atoms with van der Waals surface area (Å²) in [7, 11) is 0. The maximum atomic E-state index is 9.58.